The van der Waals surface area contributed by atoms with E-state index in [1.165, 1.54) is 16.2 Å². The van der Waals surface area contributed by atoms with Crippen LogP contribution in [0, 0.1) is 0 Å². The fourth-order valence-corrected chi connectivity index (χ4v) is 3.77. The van der Waals surface area contributed by atoms with Gasteiger partial charge in [0.15, 0.2) is 0 Å². The minimum atomic E-state index is -0.0774. The zero-order chi connectivity index (χ0) is 14.8. The number of nitrogen functional groups attached to an aromatic ring is 1. The summed E-state index contributed by atoms with van der Waals surface area (Å²) in [6, 6.07) is 3.78. The van der Waals surface area contributed by atoms with E-state index < -0.39 is 0 Å². The molecule has 0 unspecified atom stereocenters. The van der Waals surface area contributed by atoms with Crippen molar-refractivity contribution >= 4 is 22.2 Å². The summed E-state index contributed by atoms with van der Waals surface area (Å²) in [5.74, 6) is -0.0774. The van der Waals surface area contributed by atoms with Gasteiger partial charge >= 0.3 is 0 Å². The molecule has 1 amide bonds. The first-order valence-electron chi connectivity index (χ1n) is 6.91. The smallest absolute Gasteiger partial charge is 0.254 e. The molecule has 6 heteroatoms. The van der Waals surface area contributed by atoms with Crippen LogP contribution in [0.5, 0.6) is 0 Å². The topological polar surface area (TPSA) is 71.2 Å². The highest BCUT2D eigenvalue weighted by Gasteiger charge is 2.25. The minimum absolute atomic E-state index is 0.0774. The summed E-state index contributed by atoms with van der Waals surface area (Å²) in [5.41, 5.74) is 8.90. The Bertz CT molecular complexity index is 653. The Kier molecular flexibility index (Phi) is 3.90. The number of rotatable bonds is 3. The molecule has 0 fully saturated rings. The summed E-state index contributed by atoms with van der Waals surface area (Å²) < 4.78 is 0. The van der Waals surface area contributed by atoms with Gasteiger partial charge in [-0.2, -0.15) is 0 Å². The minimum Gasteiger partial charge on any atom is -0.390 e. The van der Waals surface area contributed by atoms with Gasteiger partial charge < -0.3 is 16.0 Å². The van der Waals surface area contributed by atoms with Crippen LogP contribution in [-0.4, -0.2) is 29.4 Å². The van der Waals surface area contributed by atoms with Crippen molar-refractivity contribution in [2.75, 3.05) is 19.3 Å². The number of carbonyl (C=O) groups is 1. The lowest BCUT2D eigenvalue weighted by atomic mass is 10.0. The molecule has 2 aromatic heterocycles. The standard InChI is InChI=1S/C15H18N4OS/c1-19-7-4-11-12(9-19)21-14(16)13(11)15(20)18-8-10-2-5-17-6-3-10/h2-3,5-6H,4,7-9,16H2,1H3,(H,18,20). The number of aromatic nitrogens is 1. The normalized spacial score (nSPS) is 14.7. The average molecular weight is 302 g/mol. The van der Waals surface area contributed by atoms with Gasteiger partial charge in [-0.05, 0) is 36.7 Å². The van der Waals surface area contributed by atoms with Crippen molar-refractivity contribution in [3.63, 3.8) is 0 Å². The van der Waals surface area contributed by atoms with Gasteiger partial charge in [0.05, 0.1) is 10.6 Å². The Morgan fingerprint density at radius 2 is 2.24 bits per heavy atom. The van der Waals surface area contributed by atoms with E-state index in [0.717, 1.165) is 30.6 Å². The Hall–Kier alpha value is -1.92. The van der Waals surface area contributed by atoms with Crippen LogP contribution in [0.15, 0.2) is 24.5 Å². The first-order valence-corrected chi connectivity index (χ1v) is 7.72. The third-order valence-corrected chi connectivity index (χ3v) is 4.75. The van der Waals surface area contributed by atoms with Gasteiger partial charge in [0, 0.05) is 36.9 Å². The van der Waals surface area contributed by atoms with Crippen molar-refractivity contribution in [3.8, 4) is 0 Å². The van der Waals surface area contributed by atoms with Gasteiger partial charge in [-0.3, -0.25) is 9.78 Å². The lowest BCUT2D eigenvalue weighted by molar-refractivity contribution is 0.0950. The third kappa shape index (κ3) is 2.91. The van der Waals surface area contributed by atoms with E-state index >= 15 is 0 Å². The molecule has 0 aliphatic carbocycles. The summed E-state index contributed by atoms with van der Waals surface area (Å²) in [6.45, 7) is 2.33. The highest BCUT2D eigenvalue weighted by atomic mass is 32.1. The summed E-state index contributed by atoms with van der Waals surface area (Å²) in [5, 5.41) is 3.58. The van der Waals surface area contributed by atoms with E-state index in [2.05, 4.69) is 22.2 Å². The number of nitrogens with zero attached hydrogens (tertiary/aromatic N) is 2. The molecule has 21 heavy (non-hydrogen) atoms. The maximum atomic E-state index is 12.4. The Balaban J connectivity index is 1.76. The number of anilines is 1. The number of nitrogens with one attached hydrogen (secondary N) is 1. The number of nitrogens with two attached hydrogens (primary N) is 1. The molecular weight excluding hydrogens is 284 g/mol. The van der Waals surface area contributed by atoms with Crippen molar-refractivity contribution in [1.82, 2.24) is 15.2 Å². The Morgan fingerprint density at radius 1 is 1.48 bits per heavy atom. The maximum absolute atomic E-state index is 12.4. The van der Waals surface area contributed by atoms with Gasteiger partial charge in [-0.1, -0.05) is 0 Å². The van der Waals surface area contributed by atoms with E-state index in [4.69, 9.17) is 5.73 Å². The number of fused-ring (bicyclic) bond motifs is 1. The van der Waals surface area contributed by atoms with Gasteiger partial charge in [0.2, 0.25) is 0 Å². The van der Waals surface area contributed by atoms with Crippen molar-refractivity contribution < 1.29 is 4.79 Å². The largest absolute Gasteiger partial charge is 0.390 e. The summed E-state index contributed by atoms with van der Waals surface area (Å²) in [4.78, 5) is 19.9. The van der Waals surface area contributed by atoms with Crippen LogP contribution in [0.1, 0.15) is 26.4 Å². The van der Waals surface area contributed by atoms with Crippen molar-refractivity contribution in [2.24, 2.45) is 0 Å². The average Bonchev–Trinajstić information content (AvgIpc) is 2.81. The van der Waals surface area contributed by atoms with E-state index in [1.807, 2.05) is 12.1 Å². The van der Waals surface area contributed by atoms with Crippen molar-refractivity contribution in [3.05, 3.63) is 46.1 Å². The predicted octanol–water partition coefficient (Wildman–Crippen LogP) is 1.64. The molecule has 5 nitrogen and oxygen atoms in total. The van der Waals surface area contributed by atoms with Crippen LogP contribution in [0.3, 0.4) is 0 Å². The predicted molar refractivity (Wildman–Crippen MR) is 84.2 cm³/mol. The number of thiophene rings is 1. The molecular formula is C15H18N4OS. The summed E-state index contributed by atoms with van der Waals surface area (Å²) in [7, 11) is 2.09. The zero-order valence-electron chi connectivity index (χ0n) is 11.9. The van der Waals surface area contributed by atoms with E-state index in [-0.39, 0.29) is 5.91 Å². The molecule has 3 heterocycles. The fraction of sp³-hybridized carbons (Fsp3) is 0.333. The second-order valence-corrected chi connectivity index (χ2v) is 6.41. The Labute approximate surface area is 127 Å². The molecule has 3 N–H and O–H groups in total. The Morgan fingerprint density at radius 3 is 3.00 bits per heavy atom. The third-order valence-electron chi connectivity index (χ3n) is 3.70. The van der Waals surface area contributed by atoms with Gasteiger partial charge in [0.1, 0.15) is 0 Å². The second-order valence-electron chi connectivity index (χ2n) is 5.27. The number of amides is 1. The van der Waals surface area contributed by atoms with Gasteiger partial charge in [-0.25, -0.2) is 0 Å². The number of hydrogen-bond donors (Lipinski definition) is 2. The lowest BCUT2D eigenvalue weighted by Crippen LogP contribution is -2.28. The monoisotopic (exact) mass is 302 g/mol. The molecule has 0 radical (unpaired) electrons. The first-order chi connectivity index (χ1) is 10.1. The van der Waals surface area contributed by atoms with Crippen LogP contribution in [0.4, 0.5) is 5.00 Å². The lowest BCUT2D eigenvalue weighted by Gasteiger charge is -2.22. The SMILES string of the molecule is CN1CCc2c(sc(N)c2C(=O)NCc2ccncc2)C1. The van der Waals surface area contributed by atoms with E-state index in [0.29, 0.717) is 17.1 Å². The van der Waals surface area contributed by atoms with Crippen LogP contribution in [0.25, 0.3) is 0 Å². The molecule has 2 aromatic rings. The quantitative estimate of drug-likeness (QED) is 0.904. The molecule has 0 spiro atoms. The summed E-state index contributed by atoms with van der Waals surface area (Å²) in [6.07, 6.45) is 4.33. The molecule has 0 atom stereocenters. The summed E-state index contributed by atoms with van der Waals surface area (Å²) >= 11 is 1.54. The van der Waals surface area contributed by atoms with Crippen LogP contribution >= 0.6 is 11.3 Å². The van der Waals surface area contributed by atoms with Gasteiger partial charge in [0.25, 0.3) is 5.91 Å². The molecule has 1 aliphatic rings. The molecule has 0 aromatic carbocycles. The van der Waals surface area contributed by atoms with Crippen LogP contribution < -0.4 is 11.1 Å². The molecule has 0 saturated heterocycles. The molecule has 3 rings (SSSR count). The van der Waals surface area contributed by atoms with E-state index in [1.54, 1.807) is 12.4 Å². The second kappa shape index (κ2) is 5.83. The molecule has 0 saturated carbocycles. The molecule has 0 bridgehead atoms. The van der Waals surface area contributed by atoms with Gasteiger partial charge in [-0.15, -0.1) is 11.3 Å². The number of hydrogen-bond acceptors (Lipinski definition) is 5. The van der Waals surface area contributed by atoms with Crippen molar-refractivity contribution in [1.29, 1.82) is 0 Å². The number of carbonyl (C=O) groups excluding carboxylic acids is 1. The first kappa shape index (κ1) is 14.0. The highest BCUT2D eigenvalue weighted by Crippen LogP contribution is 2.34. The maximum Gasteiger partial charge on any atom is 0.254 e. The zero-order valence-corrected chi connectivity index (χ0v) is 12.7. The molecule has 1 aliphatic heterocycles. The number of pyridine rings is 1. The van der Waals surface area contributed by atoms with E-state index in [9.17, 15) is 4.79 Å². The highest BCUT2D eigenvalue weighted by molar-refractivity contribution is 7.16. The van der Waals surface area contributed by atoms with Crippen molar-refractivity contribution in [2.45, 2.75) is 19.5 Å². The number of likely N-dealkylation sites (N-methyl/N-ethyl adjacent to an activating group) is 1. The molecule has 110 valence electrons. The van der Waals surface area contributed by atoms with Crippen LogP contribution in [-0.2, 0) is 19.5 Å². The fourth-order valence-electron chi connectivity index (χ4n) is 2.57. The van der Waals surface area contributed by atoms with Crippen LogP contribution in [0.2, 0.25) is 0 Å².